The molecule has 114 valence electrons. The van der Waals surface area contributed by atoms with Gasteiger partial charge in [0.2, 0.25) is 0 Å². The van der Waals surface area contributed by atoms with E-state index >= 15 is 0 Å². The molecule has 2 aromatic rings. The van der Waals surface area contributed by atoms with Gasteiger partial charge in [0.25, 0.3) is 10.0 Å². The number of anilines is 1. The lowest BCUT2D eigenvalue weighted by Gasteiger charge is -2.05. The first-order chi connectivity index (χ1) is 10.0. The minimum atomic E-state index is -3.62. The SMILES string of the molecule is CCCNCc1cc(S(=O)(=O)Nc2cccnn2)c(C)s1. The minimum Gasteiger partial charge on any atom is -0.312 e. The van der Waals surface area contributed by atoms with Gasteiger partial charge in [-0.2, -0.15) is 5.10 Å². The van der Waals surface area contributed by atoms with Crippen LogP contribution in [0.2, 0.25) is 0 Å². The standard InChI is InChI=1S/C13H18N4O2S2/c1-3-6-14-9-11-8-12(10(2)20-11)21(18,19)17-13-5-4-7-15-16-13/h4-5,7-8,14H,3,6,9H2,1-2H3,(H,16,17). The van der Waals surface area contributed by atoms with Gasteiger partial charge in [0, 0.05) is 22.5 Å². The molecule has 0 aromatic carbocycles. The average molecular weight is 326 g/mol. The first-order valence-corrected chi connectivity index (χ1v) is 8.93. The van der Waals surface area contributed by atoms with Crippen LogP contribution in [0.1, 0.15) is 23.1 Å². The normalized spacial score (nSPS) is 11.5. The number of nitrogens with one attached hydrogen (secondary N) is 2. The van der Waals surface area contributed by atoms with Gasteiger partial charge in [-0.05, 0) is 38.1 Å². The molecule has 2 aromatic heterocycles. The highest BCUT2D eigenvalue weighted by Gasteiger charge is 2.20. The first-order valence-electron chi connectivity index (χ1n) is 6.63. The lowest BCUT2D eigenvalue weighted by atomic mass is 10.4. The number of hydrogen-bond donors (Lipinski definition) is 2. The van der Waals surface area contributed by atoms with Gasteiger partial charge in [0.1, 0.15) is 4.90 Å². The molecule has 0 fully saturated rings. The third kappa shape index (κ3) is 4.23. The Kier molecular flexibility index (Phi) is 5.27. The van der Waals surface area contributed by atoms with Gasteiger partial charge in [-0.15, -0.1) is 16.4 Å². The van der Waals surface area contributed by atoms with Crippen molar-refractivity contribution in [1.29, 1.82) is 0 Å². The Morgan fingerprint density at radius 1 is 1.38 bits per heavy atom. The van der Waals surface area contributed by atoms with E-state index in [1.54, 1.807) is 25.1 Å². The summed E-state index contributed by atoms with van der Waals surface area (Å²) in [7, 11) is -3.62. The summed E-state index contributed by atoms with van der Waals surface area (Å²) in [5.74, 6) is 0.216. The Morgan fingerprint density at radius 3 is 2.86 bits per heavy atom. The Morgan fingerprint density at radius 2 is 2.19 bits per heavy atom. The zero-order valence-electron chi connectivity index (χ0n) is 12.0. The Bertz CT molecular complexity index is 683. The molecule has 0 spiro atoms. The molecule has 0 saturated heterocycles. The molecule has 0 amide bonds. The maximum absolute atomic E-state index is 12.4. The van der Waals surface area contributed by atoms with E-state index in [1.165, 1.54) is 17.5 Å². The highest BCUT2D eigenvalue weighted by molar-refractivity contribution is 7.93. The van der Waals surface area contributed by atoms with Crippen molar-refractivity contribution in [2.24, 2.45) is 0 Å². The summed E-state index contributed by atoms with van der Waals surface area (Å²) in [6.45, 7) is 5.49. The van der Waals surface area contributed by atoms with Gasteiger partial charge in [0.15, 0.2) is 5.82 Å². The number of thiophene rings is 1. The molecule has 6 nitrogen and oxygen atoms in total. The van der Waals surface area contributed by atoms with Crippen molar-refractivity contribution in [3.63, 3.8) is 0 Å². The Labute approximate surface area is 128 Å². The molecule has 0 aliphatic heterocycles. The van der Waals surface area contributed by atoms with Gasteiger partial charge < -0.3 is 5.32 Å². The van der Waals surface area contributed by atoms with Crippen LogP contribution < -0.4 is 10.0 Å². The number of hydrogen-bond acceptors (Lipinski definition) is 6. The molecule has 0 radical (unpaired) electrons. The molecule has 0 saturated carbocycles. The van der Waals surface area contributed by atoms with E-state index < -0.39 is 10.0 Å². The van der Waals surface area contributed by atoms with Crippen LogP contribution in [-0.2, 0) is 16.6 Å². The van der Waals surface area contributed by atoms with Gasteiger partial charge in [-0.25, -0.2) is 8.42 Å². The topological polar surface area (TPSA) is 84.0 Å². The highest BCUT2D eigenvalue weighted by atomic mass is 32.2. The number of nitrogens with zero attached hydrogens (tertiary/aromatic N) is 2. The summed E-state index contributed by atoms with van der Waals surface area (Å²) >= 11 is 1.48. The average Bonchev–Trinajstić information content (AvgIpc) is 2.82. The second kappa shape index (κ2) is 6.97. The molecule has 0 aliphatic rings. The quantitative estimate of drug-likeness (QED) is 0.762. The largest absolute Gasteiger partial charge is 0.312 e. The lowest BCUT2D eigenvalue weighted by Crippen LogP contribution is -2.15. The molecule has 0 aliphatic carbocycles. The Hall–Kier alpha value is -1.51. The van der Waals surface area contributed by atoms with Crippen LogP contribution in [0.4, 0.5) is 5.82 Å². The zero-order chi connectivity index (χ0) is 15.3. The number of aryl methyl sites for hydroxylation is 1. The lowest BCUT2D eigenvalue weighted by molar-refractivity contribution is 0.600. The van der Waals surface area contributed by atoms with Crippen molar-refractivity contribution in [2.45, 2.75) is 31.7 Å². The smallest absolute Gasteiger partial charge is 0.264 e. The summed E-state index contributed by atoms with van der Waals surface area (Å²) in [5, 5.41) is 10.7. The molecule has 0 bridgehead atoms. The van der Waals surface area contributed by atoms with Crippen LogP contribution >= 0.6 is 11.3 Å². The van der Waals surface area contributed by atoms with Crippen molar-refractivity contribution in [3.05, 3.63) is 34.2 Å². The summed E-state index contributed by atoms with van der Waals surface area (Å²) in [4.78, 5) is 2.06. The fraction of sp³-hybridized carbons (Fsp3) is 0.385. The van der Waals surface area contributed by atoms with Crippen LogP contribution in [0, 0.1) is 6.92 Å². The first kappa shape index (κ1) is 15.9. The molecule has 21 heavy (non-hydrogen) atoms. The summed E-state index contributed by atoms with van der Waals surface area (Å²) < 4.78 is 27.2. The van der Waals surface area contributed by atoms with E-state index in [2.05, 4.69) is 27.2 Å². The second-order valence-electron chi connectivity index (χ2n) is 4.52. The minimum absolute atomic E-state index is 0.216. The molecule has 2 rings (SSSR count). The molecule has 2 heterocycles. The molecular formula is C13H18N4O2S2. The van der Waals surface area contributed by atoms with E-state index in [9.17, 15) is 8.42 Å². The van der Waals surface area contributed by atoms with Gasteiger partial charge in [-0.1, -0.05) is 6.92 Å². The van der Waals surface area contributed by atoms with Crippen LogP contribution in [0.5, 0.6) is 0 Å². The molecule has 8 heteroatoms. The van der Waals surface area contributed by atoms with Crippen molar-refractivity contribution in [2.75, 3.05) is 11.3 Å². The van der Waals surface area contributed by atoms with E-state index in [0.29, 0.717) is 11.4 Å². The van der Waals surface area contributed by atoms with Crippen LogP contribution in [0.25, 0.3) is 0 Å². The van der Waals surface area contributed by atoms with E-state index in [4.69, 9.17) is 0 Å². The van der Waals surface area contributed by atoms with Crippen molar-refractivity contribution in [1.82, 2.24) is 15.5 Å². The van der Waals surface area contributed by atoms with E-state index in [1.807, 2.05) is 0 Å². The monoisotopic (exact) mass is 326 g/mol. The van der Waals surface area contributed by atoms with E-state index in [0.717, 1.165) is 22.7 Å². The Balaban J connectivity index is 2.16. The fourth-order valence-corrected chi connectivity index (χ4v) is 4.42. The maximum atomic E-state index is 12.4. The van der Waals surface area contributed by atoms with Crippen molar-refractivity contribution >= 4 is 27.2 Å². The molecular weight excluding hydrogens is 308 g/mol. The predicted octanol–water partition coefficient (Wildman–Crippen LogP) is 2.15. The molecule has 0 unspecified atom stereocenters. The number of sulfonamides is 1. The highest BCUT2D eigenvalue weighted by Crippen LogP contribution is 2.26. The summed E-state index contributed by atoms with van der Waals surface area (Å²) in [6.07, 6.45) is 2.54. The van der Waals surface area contributed by atoms with Crippen molar-refractivity contribution < 1.29 is 8.42 Å². The predicted molar refractivity (Wildman–Crippen MR) is 83.9 cm³/mol. The number of aromatic nitrogens is 2. The van der Waals surface area contributed by atoms with E-state index in [-0.39, 0.29) is 5.82 Å². The summed E-state index contributed by atoms with van der Waals surface area (Å²) in [6, 6.07) is 4.91. The van der Waals surface area contributed by atoms with Gasteiger partial charge in [0.05, 0.1) is 0 Å². The fourth-order valence-electron chi connectivity index (χ4n) is 1.82. The zero-order valence-corrected chi connectivity index (χ0v) is 13.6. The van der Waals surface area contributed by atoms with Crippen LogP contribution in [-0.4, -0.2) is 25.2 Å². The van der Waals surface area contributed by atoms with Gasteiger partial charge >= 0.3 is 0 Å². The maximum Gasteiger partial charge on any atom is 0.264 e. The van der Waals surface area contributed by atoms with Gasteiger partial charge in [-0.3, -0.25) is 4.72 Å². The molecule has 2 N–H and O–H groups in total. The third-order valence-corrected chi connectivity index (χ3v) is 5.41. The van der Waals surface area contributed by atoms with Crippen LogP contribution in [0.15, 0.2) is 29.3 Å². The van der Waals surface area contributed by atoms with Crippen molar-refractivity contribution in [3.8, 4) is 0 Å². The number of rotatable bonds is 7. The second-order valence-corrected chi connectivity index (χ2v) is 7.52. The third-order valence-electron chi connectivity index (χ3n) is 2.75. The molecule has 0 atom stereocenters. The van der Waals surface area contributed by atoms with Crippen LogP contribution in [0.3, 0.4) is 0 Å². The summed E-state index contributed by atoms with van der Waals surface area (Å²) in [5.41, 5.74) is 0.